The van der Waals surface area contributed by atoms with Gasteiger partial charge in [0.05, 0.1) is 11.9 Å². The third-order valence-corrected chi connectivity index (χ3v) is 4.71. The van der Waals surface area contributed by atoms with E-state index in [4.69, 9.17) is 35.4 Å². The van der Waals surface area contributed by atoms with Crippen LogP contribution in [0.1, 0.15) is 16.8 Å². The van der Waals surface area contributed by atoms with Crippen LogP contribution in [0.5, 0.6) is 0 Å². The number of aromatic nitrogens is 4. The number of aromatic amines is 1. The van der Waals surface area contributed by atoms with Gasteiger partial charge in [0, 0.05) is 34.8 Å². The number of hydrogen-bond acceptors (Lipinski definition) is 8. The van der Waals surface area contributed by atoms with Crippen LogP contribution in [0, 0.1) is 11.3 Å². The number of carboxylic acid groups (broad SMARTS) is 3. The summed E-state index contributed by atoms with van der Waals surface area (Å²) in [6, 6.07) is 5.98. The van der Waals surface area contributed by atoms with Crippen molar-refractivity contribution in [2.24, 2.45) is 0 Å². The predicted octanol–water partition coefficient (Wildman–Crippen LogP) is 3.99. The molecule has 0 saturated heterocycles. The summed E-state index contributed by atoms with van der Waals surface area (Å²) in [6.07, 6.45) is -8.40. The topological polar surface area (TPSA) is 216 Å². The first-order chi connectivity index (χ1) is 19.6. The van der Waals surface area contributed by atoms with Gasteiger partial charge in [0.1, 0.15) is 17.5 Å². The number of nitriles is 1. The molecule has 0 amide bonds. The molecule has 0 spiro atoms. The van der Waals surface area contributed by atoms with Crippen molar-refractivity contribution in [2.45, 2.75) is 31.4 Å². The maximum Gasteiger partial charge on any atom is 0.490 e. The second kappa shape index (κ2) is 14.0. The van der Waals surface area contributed by atoms with Crippen LogP contribution in [-0.4, -0.2) is 71.9 Å². The Morgan fingerprint density at radius 2 is 1.37 bits per heavy atom. The number of pyridine rings is 2. The van der Waals surface area contributed by atoms with Crippen LogP contribution in [0.15, 0.2) is 30.7 Å². The van der Waals surface area contributed by atoms with E-state index >= 15 is 0 Å². The van der Waals surface area contributed by atoms with Crippen molar-refractivity contribution in [2.75, 3.05) is 5.73 Å². The van der Waals surface area contributed by atoms with E-state index in [0.717, 1.165) is 46.5 Å². The number of nitrogens with one attached hydrogen (secondary N) is 1. The second-order valence-electron chi connectivity index (χ2n) is 7.60. The molecule has 1 aliphatic rings. The first kappa shape index (κ1) is 35.6. The van der Waals surface area contributed by atoms with Crippen LogP contribution >= 0.6 is 0 Å². The van der Waals surface area contributed by atoms with Gasteiger partial charge in [0.25, 0.3) is 0 Å². The Kier molecular flexibility index (Phi) is 11.6. The molecule has 3 aromatic heterocycles. The fourth-order valence-corrected chi connectivity index (χ4v) is 3.01. The third-order valence-electron chi connectivity index (χ3n) is 4.71. The van der Waals surface area contributed by atoms with Gasteiger partial charge >= 0.3 is 36.4 Å². The Hall–Kier alpha value is -5.42. The minimum atomic E-state index is -5.08. The van der Waals surface area contributed by atoms with Crippen LogP contribution in [0.25, 0.3) is 22.4 Å². The van der Waals surface area contributed by atoms with Crippen molar-refractivity contribution in [1.82, 2.24) is 20.2 Å². The number of aryl methyl sites for hydroxylation is 1. The molecule has 12 nitrogen and oxygen atoms in total. The summed E-state index contributed by atoms with van der Waals surface area (Å²) in [7, 11) is 0. The third kappa shape index (κ3) is 10.2. The second-order valence-corrected chi connectivity index (χ2v) is 7.60. The lowest BCUT2D eigenvalue weighted by atomic mass is 9.86. The maximum absolute atomic E-state index is 10.6. The quantitative estimate of drug-likeness (QED) is 0.242. The number of nitrogen functional groups attached to an aromatic ring is 1. The zero-order valence-corrected chi connectivity index (χ0v) is 20.6. The molecule has 0 aromatic carbocycles. The van der Waals surface area contributed by atoms with Crippen molar-refractivity contribution in [3.63, 3.8) is 0 Å². The highest BCUT2D eigenvalue weighted by molar-refractivity contribution is 5.85. The molecule has 3 heterocycles. The fourth-order valence-electron chi connectivity index (χ4n) is 3.01. The number of alkyl halides is 9. The smallest absolute Gasteiger partial charge is 0.475 e. The summed E-state index contributed by atoms with van der Waals surface area (Å²) >= 11 is 0. The first-order valence-corrected chi connectivity index (χ1v) is 10.7. The van der Waals surface area contributed by atoms with E-state index in [1.807, 2.05) is 12.1 Å². The van der Waals surface area contributed by atoms with Crippen molar-refractivity contribution in [3.8, 4) is 28.5 Å². The summed E-state index contributed by atoms with van der Waals surface area (Å²) in [5.74, 6) is -8.03. The Balaban J connectivity index is 0.000000363. The lowest BCUT2D eigenvalue weighted by Crippen LogP contribution is -2.21. The molecule has 0 atom stereocenters. The Labute approximate surface area is 232 Å². The molecular formula is C22H15F9N6O6. The summed E-state index contributed by atoms with van der Waals surface area (Å²) in [5, 5.41) is 38.0. The Bertz CT molecular complexity index is 1440. The average Bonchev–Trinajstić information content (AvgIpc) is 3.37. The van der Waals surface area contributed by atoms with Gasteiger partial charge in [-0.1, -0.05) is 6.07 Å². The number of carboxylic acids is 3. The number of fused-ring (bicyclic) bond motifs is 3. The average molecular weight is 630 g/mol. The molecule has 6 N–H and O–H groups in total. The van der Waals surface area contributed by atoms with Crippen LogP contribution in [-0.2, 0) is 27.2 Å². The predicted molar refractivity (Wildman–Crippen MR) is 123 cm³/mol. The zero-order valence-electron chi connectivity index (χ0n) is 20.6. The lowest BCUT2D eigenvalue weighted by Gasteiger charge is -2.20. The largest absolute Gasteiger partial charge is 0.490 e. The Morgan fingerprint density at radius 3 is 1.77 bits per heavy atom. The molecule has 0 radical (unpaired) electrons. The van der Waals surface area contributed by atoms with E-state index in [1.165, 1.54) is 0 Å². The van der Waals surface area contributed by atoms with Crippen molar-refractivity contribution in [1.29, 1.82) is 5.26 Å². The molecule has 0 aliphatic heterocycles. The van der Waals surface area contributed by atoms with Gasteiger partial charge in [-0.25, -0.2) is 19.4 Å². The molecule has 21 heteroatoms. The lowest BCUT2D eigenvalue weighted by molar-refractivity contribution is -0.193. The number of rotatable bonds is 1. The number of H-pyrrole nitrogens is 1. The van der Waals surface area contributed by atoms with Gasteiger partial charge < -0.3 is 21.1 Å². The van der Waals surface area contributed by atoms with Gasteiger partial charge in [-0.2, -0.15) is 49.9 Å². The first-order valence-electron chi connectivity index (χ1n) is 10.7. The fraction of sp³-hybridized carbons (Fsp3) is 0.227. The van der Waals surface area contributed by atoms with E-state index in [0.29, 0.717) is 5.56 Å². The highest BCUT2D eigenvalue weighted by Gasteiger charge is 2.39. The number of halogens is 9. The molecular weight excluding hydrogens is 615 g/mol. The van der Waals surface area contributed by atoms with Gasteiger partial charge in [0.2, 0.25) is 0 Å². The van der Waals surface area contributed by atoms with Crippen molar-refractivity contribution < 1.29 is 69.2 Å². The highest BCUT2D eigenvalue weighted by Crippen LogP contribution is 2.40. The maximum atomic E-state index is 10.6. The SMILES string of the molecule is N#Cc1c(N)nc2c(c1-c1cccnc1)CCc1[nH]ncc1-2.O=C(O)C(F)(F)F.O=C(O)C(F)(F)F.O=C(O)C(F)(F)F. The summed E-state index contributed by atoms with van der Waals surface area (Å²) in [6.45, 7) is 0. The van der Waals surface area contributed by atoms with E-state index in [1.54, 1.807) is 18.6 Å². The Morgan fingerprint density at radius 1 is 0.884 bits per heavy atom. The van der Waals surface area contributed by atoms with Gasteiger partial charge in [0.15, 0.2) is 0 Å². The van der Waals surface area contributed by atoms with E-state index in [-0.39, 0.29) is 5.82 Å². The molecule has 1 aliphatic carbocycles. The number of hydrogen-bond donors (Lipinski definition) is 5. The zero-order chi connectivity index (χ0) is 33.3. The van der Waals surface area contributed by atoms with Crippen molar-refractivity contribution >= 4 is 23.7 Å². The number of nitrogens with two attached hydrogens (primary N) is 1. The minimum absolute atomic E-state index is 0.245. The van der Waals surface area contributed by atoms with Gasteiger partial charge in [-0.15, -0.1) is 0 Å². The minimum Gasteiger partial charge on any atom is -0.475 e. The van der Waals surface area contributed by atoms with E-state index in [2.05, 4.69) is 26.2 Å². The standard InChI is InChI=1S/C16H12N6.3C2HF3O2/c17-6-11-14(9-2-1-5-19-7-9)10-3-4-13-12(8-20-22-13)15(10)21-16(11)18;3*3-2(4,5)1(6)7/h1-2,5,7-8H,3-4H2,(H2,18,21)(H,20,22);3*(H,6,7). The molecule has 43 heavy (non-hydrogen) atoms. The molecule has 0 bridgehead atoms. The van der Waals surface area contributed by atoms with Gasteiger partial charge in [-0.3, -0.25) is 10.1 Å². The van der Waals surface area contributed by atoms with E-state index in [9.17, 15) is 44.8 Å². The molecule has 3 aromatic rings. The summed E-state index contributed by atoms with van der Waals surface area (Å²) in [5.41, 5.74) is 12.0. The van der Waals surface area contributed by atoms with Crippen LogP contribution in [0.3, 0.4) is 0 Å². The highest BCUT2D eigenvalue weighted by atomic mass is 19.4. The van der Waals surface area contributed by atoms with E-state index < -0.39 is 36.4 Å². The monoisotopic (exact) mass is 630 g/mol. The number of anilines is 1. The van der Waals surface area contributed by atoms with Crippen molar-refractivity contribution in [3.05, 3.63) is 47.5 Å². The van der Waals surface area contributed by atoms with Crippen LogP contribution < -0.4 is 5.73 Å². The van der Waals surface area contributed by atoms with Crippen LogP contribution in [0.4, 0.5) is 45.3 Å². The molecule has 232 valence electrons. The number of carbonyl (C=O) groups is 3. The van der Waals surface area contributed by atoms with Crippen LogP contribution in [0.2, 0.25) is 0 Å². The number of nitrogens with zero attached hydrogens (tertiary/aromatic N) is 4. The summed E-state index contributed by atoms with van der Waals surface area (Å²) < 4.78 is 95.2. The molecule has 0 saturated carbocycles. The molecule has 4 rings (SSSR count). The number of aliphatic carboxylic acids is 3. The molecule has 0 fully saturated rings. The van der Waals surface area contributed by atoms with Gasteiger partial charge in [-0.05, 0) is 24.5 Å². The normalized spacial score (nSPS) is 11.8. The summed E-state index contributed by atoms with van der Waals surface area (Å²) in [4.78, 5) is 35.3. The molecule has 0 unspecified atom stereocenters.